The van der Waals surface area contributed by atoms with Gasteiger partial charge in [0.25, 0.3) is 5.91 Å². The Hall–Kier alpha value is -1.98. The Labute approximate surface area is 124 Å². The first-order chi connectivity index (χ1) is 9.50. The van der Waals surface area contributed by atoms with E-state index >= 15 is 0 Å². The van der Waals surface area contributed by atoms with Crippen LogP contribution >= 0.6 is 23.2 Å². The Morgan fingerprint density at radius 1 is 1.30 bits per heavy atom. The molecule has 2 N–H and O–H groups in total. The van der Waals surface area contributed by atoms with Crippen LogP contribution in [0.3, 0.4) is 0 Å². The van der Waals surface area contributed by atoms with E-state index in [1.807, 2.05) is 18.2 Å². The normalized spacial score (nSPS) is 11.2. The Bertz CT molecular complexity index is 834. The summed E-state index contributed by atoms with van der Waals surface area (Å²) in [5, 5.41) is 5.45. The SMILES string of the molecule is Cn1c(C(=O)n2nc(N)c3ccccc32)cc(Cl)c1Cl. The second kappa shape index (κ2) is 4.54. The number of carbonyl (C=O) groups excluding carboxylic acids is 1. The van der Waals surface area contributed by atoms with Gasteiger partial charge >= 0.3 is 0 Å². The van der Waals surface area contributed by atoms with Gasteiger partial charge in [-0.2, -0.15) is 4.68 Å². The molecule has 0 unspecified atom stereocenters. The predicted octanol–water partition coefficient (Wildman–Crippen LogP) is 2.95. The van der Waals surface area contributed by atoms with E-state index < -0.39 is 0 Å². The van der Waals surface area contributed by atoms with Crippen molar-refractivity contribution in [2.24, 2.45) is 7.05 Å². The molecule has 5 nitrogen and oxygen atoms in total. The van der Waals surface area contributed by atoms with Gasteiger partial charge < -0.3 is 10.3 Å². The van der Waals surface area contributed by atoms with Gasteiger partial charge in [0.05, 0.1) is 10.5 Å². The largest absolute Gasteiger partial charge is 0.382 e. The molecule has 0 bridgehead atoms. The van der Waals surface area contributed by atoms with Crippen molar-refractivity contribution in [1.82, 2.24) is 14.3 Å². The molecular weight excluding hydrogens is 299 g/mol. The van der Waals surface area contributed by atoms with E-state index in [1.165, 1.54) is 15.3 Å². The van der Waals surface area contributed by atoms with Gasteiger partial charge in [-0.3, -0.25) is 4.79 Å². The number of nitrogens with zero attached hydrogens (tertiary/aromatic N) is 3. The summed E-state index contributed by atoms with van der Waals surface area (Å²) >= 11 is 11.9. The third-order valence-electron chi connectivity index (χ3n) is 3.14. The van der Waals surface area contributed by atoms with E-state index in [-0.39, 0.29) is 5.91 Å². The zero-order chi connectivity index (χ0) is 14.4. The van der Waals surface area contributed by atoms with E-state index in [0.717, 1.165) is 5.39 Å². The summed E-state index contributed by atoms with van der Waals surface area (Å²) in [6, 6.07) is 8.76. The highest BCUT2D eigenvalue weighted by Gasteiger charge is 2.20. The number of carbonyl (C=O) groups is 1. The minimum absolute atomic E-state index is 0.305. The number of para-hydroxylation sites is 1. The summed E-state index contributed by atoms with van der Waals surface area (Å²) in [5.41, 5.74) is 6.81. The van der Waals surface area contributed by atoms with Gasteiger partial charge in [0.2, 0.25) is 0 Å². The van der Waals surface area contributed by atoms with Gasteiger partial charge in [0.1, 0.15) is 10.8 Å². The standard InChI is InChI=1S/C13H10Cl2N4O/c1-18-10(6-8(14)11(18)15)13(20)19-9-5-3-2-4-7(9)12(16)17-19/h2-6H,1H3,(H2,16,17). The summed E-state index contributed by atoms with van der Waals surface area (Å²) in [7, 11) is 1.66. The molecule has 3 rings (SSSR count). The lowest BCUT2D eigenvalue weighted by Crippen LogP contribution is -2.17. The third-order valence-corrected chi connectivity index (χ3v) is 3.99. The van der Waals surface area contributed by atoms with Crippen LogP contribution < -0.4 is 5.73 Å². The molecular formula is C13H10Cl2N4O. The van der Waals surface area contributed by atoms with Crippen LogP contribution in [0, 0.1) is 0 Å². The number of hydrogen-bond donors (Lipinski definition) is 1. The maximum absolute atomic E-state index is 12.6. The van der Waals surface area contributed by atoms with E-state index in [9.17, 15) is 4.79 Å². The van der Waals surface area contributed by atoms with Gasteiger partial charge in [0, 0.05) is 12.4 Å². The van der Waals surface area contributed by atoms with Crippen LogP contribution in [0.4, 0.5) is 5.82 Å². The Kier molecular flexibility index (Phi) is 2.96. The van der Waals surface area contributed by atoms with E-state index in [4.69, 9.17) is 28.9 Å². The molecule has 102 valence electrons. The van der Waals surface area contributed by atoms with E-state index in [1.54, 1.807) is 13.1 Å². The monoisotopic (exact) mass is 308 g/mol. The number of fused-ring (bicyclic) bond motifs is 1. The number of hydrogen-bond acceptors (Lipinski definition) is 3. The number of anilines is 1. The first-order valence-corrected chi connectivity index (χ1v) is 6.55. The number of rotatable bonds is 1. The van der Waals surface area contributed by atoms with Crippen LogP contribution in [0.5, 0.6) is 0 Å². The summed E-state index contributed by atoms with van der Waals surface area (Å²) in [5.74, 6) is -0.0328. The highest BCUT2D eigenvalue weighted by molar-refractivity contribution is 6.42. The highest BCUT2D eigenvalue weighted by Crippen LogP contribution is 2.27. The smallest absolute Gasteiger partial charge is 0.295 e. The fraction of sp³-hybridized carbons (Fsp3) is 0.0769. The summed E-state index contributed by atoms with van der Waals surface area (Å²) in [6.45, 7) is 0. The fourth-order valence-corrected chi connectivity index (χ4v) is 2.48. The molecule has 0 aliphatic carbocycles. The summed E-state index contributed by atoms with van der Waals surface area (Å²) in [4.78, 5) is 12.6. The van der Waals surface area contributed by atoms with Crippen LogP contribution in [-0.2, 0) is 7.05 Å². The van der Waals surface area contributed by atoms with Gasteiger partial charge in [-0.15, -0.1) is 5.10 Å². The highest BCUT2D eigenvalue weighted by atomic mass is 35.5. The molecule has 7 heteroatoms. The van der Waals surface area contributed by atoms with Crippen molar-refractivity contribution in [3.8, 4) is 0 Å². The second-order valence-corrected chi connectivity index (χ2v) is 5.11. The number of nitrogen functional groups attached to an aromatic ring is 1. The zero-order valence-corrected chi connectivity index (χ0v) is 12.0. The maximum atomic E-state index is 12.6. The molecule has 0 atom stereocenters. The van der Waals surface area contributed by atoms with Crippen molar-refractivity contribution in [2.75, 3.05) is 5.73 Å². The molecule has 0 fully saturated rings. The van der Waals surface area contributed by atoms with Gasteiger partial charge in [-0.05, 0) is 18.2 Å². The molecule has 0 saturated heterocycles. The Morgan fingerprint density at radius 3 is 2.65 bits per heavy atom. The topological polar surface area (TPSA) is 65.8 Å². The molecule has 20 heavy (non-hydrogen) atoms. The molecule has 3 aromatic rings. The molecule has 0 saturated carbocycles. The molecule has 1 aromatic carbocycles. The van der Waals surface area contributed by atoms with Crippen LogP contribution in [0.1, 0.15) is 10.5 Å². The van der Waals surface area contributed by atoms with E-state index in [0.29, 0.717) is 27.2 Å². The fourth-order valence-electron chi connectivity index (χ4n) is 2.10. The lowest BCUT2D eigenvalue weighted by molar-refractivity contribution is 0.0942. The third kappa shape index (κ3) is 1.78. The second-order valence-electron chi connectivity index (χ2n) is 4.35. The minimum Gasteiger partial charge on any atom is -0.382 e. The van der Waals surface area contributed by atoms with Crippen LogP contribution in [-0.4, -0.2) is 20.3 Å². The van der Waals surface area contributed by atoms with Crippen molar-refractivity contribution < 1.29 is 4.79 Å². The molecule has 0 aliphatic heterocycles. The van der Waals surface area contributed by atoms with Crippen molar-refractivity contribution in [3.05, 3.63) is 46.2 Å². The van der Waals surface area contributed by atoms with Crippen molar-refractivity contribution >= 4 is 45.8 Å². The number of nitrogens with two attached hydrogens (primary N) is 1. The molecule has 2 heterocycles. The number of halogens is 2. The molecule has 0 amide bonds. The molecule has 0 aliphatic rings. The van der Waals surface area contributed by atoms with Crippen molar-refractivity contribution in [1.29, 1.82) is 0 Å². The van der Waals surface area contributed by atoms with Gasteiger partial charge in [0.15, 0.2) is 5.82 Å². The van der Waals surface area contributed by atoms with Crippen LogP contribution in [0.2, 0.25) is 10.2 Å². The Balaban J connectivity index is 2.20. The maximum Gasteiger partial charge on any atom is 0.295 e. The van der Waals surface area contributed by atoms with Gasteiger partial charge in [-0.1, -0.05) is 35.3 Å². The molecule has 2 aromatic heterocycles. The van der Waals surface area contributed by atoms with Crippen LogP contribution in [0.15, 0.2) is 30.3 Å². The molecule has 0 radical (unpaired) electrons. The van der Waals surface area contributed by atoms with Gasteiger partial charge in [-0.25, -0.2) is 0 Å². The zero-order valence-electron chi connectivity index (χ0n) is 10.5. The minimum atomic E-state index is -0.339. The summed E-state index contributed by atoms with van der Waals surface area (Å²) in [6.07, 6.45) is 0. The average Bonchev–Trinajstić information content (AvgIpc) is 2.91. The first kappa shape index (κ1) is 13.0. The Morgan fingerprint density at radius 2 is 2.00 bits per heavy atom. The predicted molar refractivity (Wildman–Crippen MR) is 79.3 cm³/mol. The number of benzene rings is 1. The van der Waals surface area contributed by atoms with Crippen molar-refractivity contribution in [2.45, 2.75) is 0 Å². The summed E-state index contributed by atoms with van der Waals surface area (Å²) < 4.78 is 2.77. The lowest BCUT2D eigenvalue weighted by Gasteiger charge is -2.04. The first-order valence-electron chi connectivity index (χ1n) is 5.79. The average molecular weight is 309 g/mol. The van der Waals surface area contributed by atoms with E-state index in [2.05, 4.69) is 5.10 Å². The van der Waals surface area contributed by atoms with Crippen molar-refractivity contribution in [3.63, 3.8) is 0 Å². The quantitative estimate of drug-likeness (QED) is 0.751. The van der Waals surface area contributed by atoms with Crippen LogP contribution in [0.25, 0.3) is 10.9 Å². The molecule has 0 spiro atoms. The number of aromatic nitrogens is 3. The lowest BCUT2D eigenvalue weighted by atomic mass is 10.2.